The first-order valence-electron chi connectivity index (χ1n) is 25.8. The van der Waals surface area contributed by atoms with Gasteiger partial charge in [-0.3, -0.25) is 14.4 Å². The average molecular weight is 897 g/mol. The number of carbonyl (C=O) groups is 3. The van der Waals surface area contributed by atoms with E-state index >= 15 is 0 Å². The molecule has 1 unspecified atom stereocenters. The van der Waals surface area contributed by atoms with Gasteiger partial charge < -0.3 is 14.2 Å². The predicted molar refractivity (Wildman–Crippen MR) is 279 cm³/mol. The largest absolute Gasteiger partial charge is 0.462 e. The number of unbranched alkanes of at least 4 members (excludes halogenated alkanes) is 15. The minimum Gasteiger partial charge on any atom is -0.462 e. The Labute approximate surface area is 398 Å². The lowest BCUT2D eigenvalue weighted by atomic mass is 10.1. The number of esters is 3. The fraction of sp³-hybridized carbons (Fsp3) is 0.576. The molecule has 0 saturated heterocycles. The van der Waals surface area contributed by atoms with Crippen molar-refractivity contribution in [2.24, 2.45) is 0 Å². The molecule has 0 aliphatic rings. The zero-order chi connectivity index (χ0) is 47.2. The predicted octanol–water partition coefficient (Wildman–Crippen LogP) is 17.1. The fourth-order valence-electron chi connectivity index (χ4n) is 6.45. The molecule has 0 amide bonds. The van der Waals surface area contributed by atoms with Crippen LogP contribution >= 0.6 is 0 Å². The van der Waals surface area contributed by atoms with E-state index in [9.17, 15) is 14.4 Å². The molecule has 364 valence electrons. The van der Waals surface area contributed by atoms with Gasteiger partial charge in [0, 0.05) is 19.3 Å². The molecule has 0 saturated carbocycles. The van der Waals surface area contributed by atoms with E-state index in [1.165, 1.54) is 57.8 Å². The maximum Gasteiger partial charge on any atom is 0.306 e. The summed E-state index contributed by atoms with van der Waals surface area (Å²) < 4.78 is 16.7. The lowest BCUT2D eigenvalue weighted by molar-refractivity contribution is -0.166. The molecule has 6 heteroatoms. The summed E-state index contributed by atoms with van der Waals surface area (Å²) in [5.74, 6) is -1.07. The zero-order valence-electron chi connectivity index (χ0n) is 41.4. The Morgan fingerprint density at radius 1 is 0.338 bits per heavy atom. The monoisotopic (exact) mass is 897 g/mol. The van der Waals surface area contributed by atoms with Gasteiger partial charge in [-0.25, -0.2) is 0 Å². The molecule has 1 atom stereocenters. The van der Waals surface area contributed by atoms with E-state index in [-0.39, 0.29) is 50.4 Å². The van der Waals surface area contributed by atoms with E-state index in [1.54, 1.807) is 0 Å². The van der Waals surface area contributed by atoms with Gasteiger partial charge in [-0.1, -0.05) is 219 Å². The van der Waals surface area contributed by atoms with Crippen LogP contribution in [0, 0.1) is 0 Å². The Bertz CT molecular complexity index is 1450. The first-order valence-corrected chi connectivity index (χ1v) is 25.8. The molecule has 0 rings (SSSR count). The molecule has 6 nitrogen and oxygen atoms in total. The molecule has 65 heavy (non-hydrogen) atoms. The van der Waals surface area contributed by atoms with Crippen LogP contribution in [-0.2, 0) is 28.6 Å². The van der Waals surface area contributed by atoms with Crippen LogP contribution in [0.5, 0.6) is 0 Å². The standard InChI is InChI=1S/C59H92O6/c1-4-7-10-13-16-19-22-25-28-31-34-37-40-43-46-49-52-58(61)64-55-56(54-63-57(60)51-48-45-42-39-36-33-30-27-24-21-18-15-12-9-6-3)65-59(62)53-50-47-44-41-38-35-32-29-26-23-20-17-14-11-8-5-2/h7,9-10,12,15-16,18-19,21,24-25,27-30,32-34,36-37,43,46,56H,4-6,8,11,13-14,17,20,22-23,26,31,35,38-42,44-45,47-55H2,1-3H3/b10-7-,12-9-,18-15-,19-16-,24-21-,28-25-,30-27-,32-29-,36-33-,37-34-,46-43-. The summed E-state index contributed by atoms with van der Waals surface area (Å²) in [7, 11) is 0. The Morgan fingerprint density at radius 2 is 0.708 bits per heavy atom. The van der Waals surface area contributed by atoms with E-state index in [2.05, 4.69) is 93.7 Å². The van der Waals surface area contributed by atoms with E-state index in [1.807, 2.05) is 60.8 Å². The summed E-state index contributed by atoms with van der Waals surface area (Å²) in [5, 5.41) is 0. The van der Waals surface area contributed by atoms with Crippen molar-refractivity contribution in [2.75, 3.05) is 13.2 Å². The summed E-state index contributed by atoms with van der Waals surface area (Å²) in [4.78, 5) is 38.0. The van der Waals surface area contributed by atoms with Gasteiger partial charge in [0.25, 0.3) is 0 Å². The second-order valence-electron chi connectivity index (χ2n) is 16.4. The van der Waals surface area contributed by atoms with E-state index < -0.39 is 6.10 Å². The van der Waals surface area contributed by atoms with E-state index in [4.69, 9.17) is 14.2 Å². The quantitative estimate of drug-likeness (QED) is 0.0199. The topological polar surface area (TPSA) is 78.9 Å². The van der Waals surface area contributed by atoms with E-state index in [0.717, 1.165) is 96.3 Å². The van der Waals surface area contributed by atoms with Crippen LogP contribution in [0.4, 0.5) is 0 Å². The highest BCUT2D eigenvalue weighted by Crippen LogP contribution is 2.12. The van der Waals surface area contributed by atoms with Gasteiger partial charge in [-0.05, 0) is 96.3 Å². The highest BCUT2D eigenvalue weighted by atomic mass is 16.6. The Balaban J connectivity index is 4.61. The molecule has 0 radical (unpaired) electrons. The van der Waals surface area contributed by atoms with Crippen LogP contribution in [0.3, 0.4) is 0 Å². The van der Waals surface area contributed by atoms with E-state index in [0.29, 0.717) is 6.42 Å². The third-order valence-corrected chi connectivity index (χ3v) is 10.3. The van der Waals surface area contributed by atoms with Crippen LogP contribution in [0.25, 0.3) is 0 Å². The summed E-state index contributed by atoms with van der Waals surface area (Å²) in [6.07, 6.45) is 73.0. The van der Waals surface area contributed by atoms with Crippen molar-refractivity contribution in [3.63, 3.8) is 0 Å². The Hall–Kier alpha value is -4.45. The molecule has 0 aromatic heterocycles. The van der Waals surface area contributed by atoms with Gasteiger partial charge in [0.2, 0.25) is 0 Å². The number of hydrogen-bond acceptors (Lipinski definition) is 6. The molecule has 0 aromatic carbocycles. The lowest BCUT2D eigenvalue weighted by Gasteiger charge is -2.18. The Morgan fingerprint density at radius 3 is 1.23 bits per heavy atom. The minimum absolute atomic E-state index is 0.131. The second kappa shape index (κ2) is 52.2. The van der Waals surface area contributed by atoms with Crippen LogP contribution in [0.2, 0.25) is 0 Å². The number of carbonyl (C=O) groups excluding carboxylic acids is 3. The SMILES string of the molecule is CC\C=C/C=C\C=C/C=C\C=C/CCCCCC(=O)OCC(COC(=O)CC/C=C\C/C=C\C/C=C\C/C=C\C/C=C\CC)OC(=O)CCCCCCC/C=C\CCCCCCCCC. The average Bonchev–Trinajstić information content (AvgIpc) is 3.30. The third-order valence-electron chi connectivity index (χ3n) is 10.3. The third kappa shape index (κ3) is 50.4. The molecular formula is C59H92O6. The van der Waals surface area contributed by atoms with Crippen molar-refractivity contribution in [1.82, 2.24) is 0 Å². The summed E-state index contributed by atoms with van der Waals surface area (Å²) >= 11 is 0. The van der Waals surface area contributed by atoms with Crippen molar-refractivity contribution in [2.45, 2.75) is 207 Å². The van der Waals surface area contributed by atoms with Crippen molar-refractivity contribution >= 4 is 17.9 Å². The zero-order valence-corrected chi connectivity index (χ0v) is 41.4. The number of hydrogen-bond donors (Lipinski definition) is 0. The van der Waals surface area contributed by atoms with Gasteiger partial charge in [-0.2, -0.15) is 0 Å². The normalized spacial score (nSPS) is 13.2. The maximum absolute atomic E-state index is 12.8. The van der Waals surface area contributed by atoms with Crippen molar-refractivity contribution in [1.29, 1.82) is 0 Å². The highest BCUT2D eigenvalue weighted by Gasteiger charge is 2.19. The smallest absolute Gasteiger partial charge is 0.306 e. The van der Waals surface area contributed by atoms with Gasteiger partial charge in [0.15, 0.2) is 6.10 Å². The molecule has 0 aliphatic heterocycles. The fourth-order valence-corrected chi connectivity index (χ4v) is 6.45. The molecular weight excluding hydrogens is 805 g/mol. The van der Waals surface area contributed by atoms with Crippen LogP contribution < -0.4 is 0 Å². The maximum atomic E-state index is 12.8. The number of allylic oxidation sites excluding steroid dienone is 22. The number of ether oxygens (including phenoxy) is 3. The Kier molecular flexibility index (Phi) is 48.6. The van der Waals surface area contributed by atoms with Gasteiger partial charge in [0.1, 0.15) is 13.2 Å². The van der Waals surface area contributed by atoms with Crippen molar-refractivity contribution in [3.8, 4) is 0 Å². The van der Waals surface area contributed by atoms with Gasteiger partial charge in [0.05, 0.1) is 0 Å². The first-order chi connectivity index (χ1) is 32.0. The summed E-state index contributed by atoms with van der Waals surface area (Å²) in [6.45, 7) is 6.25. The highest BCUT2D eigenvalue weighted by molar-refractivity contribution is 5.71. The van der Waals surface area contributed by atoms with Crippen LogP contribution in [0.15, 0.2) is 134 Å². The van der Waals surface area contributed by atoms with Gasteiger partial charge >= 0.3 is 17.9 Å². The first kappa shape index (κ1) is 60.6. The molecule has 0 N–H and O–H groups in total. The summed E-state index contributed by atoms with van der Waals surface area (Å²) in [5.41, 5.74) is 0. The van der Waals surface area contributed by atoms with Crippen molar-refractivity contribution in [3.05, 3.63) is 134 Å². The molecule has 0 spiro atoms. The van der Waals surface area contributed by atoms with Crippen LogP contribution in [0.1, 0.15) is 201 Å². The minimum atomic E-state index is -0.834. The molecule has 0 heterocycles. The molecule has 0 bridgehead atoms. The summed E-state index contributed by atoms with van der Waals surface area (Å²) in [6, 6.07) is 0. The van der Waals surface area contributed by atoms with Crippen molar-refractivity contribution < 1.29 is 28.6 Å². The lowest BCUT2D eigenvalue weighted by Crippen LogP contribution is -2.30. The van der Waals surface area contributed by atoms with Gasteiger partial charge in [-0.15, -0.1) is 0 Å². The molecule has 0 aliphatic carbocycles. The molecule has 0 fully saturated rings. The second-order valence-corrected chi connectivity index (χ2v) is 16.4. The molecule has 0 aromatic rings. The number of rotatable bonds is 44. The van der Waals surface area contributed by atoms with Crippen LogP contribution in [-0.4, -0.2) is 37.2 Å².